The van der Waals surface area contributed by atoms with Crippen molar-refractivity contribution in [2.75, 3.05) is 27.4 Å². The van der Waals surface area contributed by atoms with Gasteiger partial charge < -0.3 is 30.4 Å². The minimum Gasteiger partial charge on any atom is -0.457 e. The van der Waals surface area contributed by atoms with Crippen LogP contribution in [0.15, 0.2) is 95.2 Å². The van der Waals surface area contributed by atoms with Crippen molar-refractivity contribution < 1.29 is 28.9 Å². The van der Waals surface area contributed by atoms with E-state index in [1.165, 1.54) is 5.57 Å². The summed E-state index contributed by atoms with van der Waals surface area (Å²) < 4.78 is 17.3. The SMILES string of the molecule is CO[C@@H]1/C=C(C)/C=C/CCCC(=O)O[C@H](/C(C)=C/C=C(\C)CNC(=O)[C@@H](N)CO)[C@@H](C)/C=C/C=C/[C@@H](OC)CC/C=C(C)\C=C\C1. The van der Waals surface area contributed by atoms with E-state index in [1.54, 1.807) is 14.2 Å². The average molecular weight is 639 g/mol. The summed E-state index contributed by atoms with van der Waals surface area (Å²) in [4.78, 5) is 24.8. The fraction of sp³-hybridized carbons (Fsp3) is 0.526. The summed E-state index contributed by atoms with van der Waals surface area (Å²) in [6.45, 7) is 9.89. The summed E-state index contributed by atoms with van der Waals surface area (Å²) in [5.41, 5.74) is 9.67. The van der Waals surface area contributed by atoms with Crippen LogP contribution in [0.1, 0.15) is 73.1 Å². The number of aliphatic hydroxyl groups excluding tert-OH is 1. The minimum atomic E-state index is -0.952. The molecule has 1 heterocycles. The van der Waals surface area contributed by atoms with Crippen LogP contribution in [0.4, 0.5) is 0 Å². The molecular weight excluding hydrogens is 580 g/mol. The van der Waals surface area contributed by atoms with Crippen molar-refractivity contribution in [1.29, 1.82) is 0 Å². The molecule has 0 saturated heterocycles. The number of esters is 1. The summed E-state index contributed by atoms with van der Waals surface area (Å²) in [5.74, 6) is -0.752. The summed E-state index contributed by atoms with van der Waals surface area (Å²) in [5, 5.41) is 11.8. The van der Waals surface area contributed by atoms with Crippen LogP contribution in [0.25, 0.3) is 0 Å². The standard InChI is InChI=1S/C38H58N2O6/c1-28-16-13-20-33(44-6)19-12-11-18-31(4)37(32(5)24-23-30(3)26-40-38(43)35(39)27-41)46-36(42)22-10-8-9-15-29(2)25-34(45-7)21-14-17-28/h9,11-12,14-19,23-25,31,33-35,37,41H,8,10,13,20-22,26-27,39H2,1-7H3,(H,40,43)/b15-9+,17-14+,18-11+,19-12+,28-16-,29-25+,30-23+,32-24+/t31-,33+,34-,35-,37-/m0/s1. The number of carbonyl (C=O) groups is 2. The Hall–Kier alpha value is -3.30. The van der Waals surface area contributed by atoms with E-state index in [0.29, 0.717) is 19.4 Å². The second kappa shape index (κ2) is 24.0. The molecule has 0 aromatic carbocycles. The number of allylic oxidation sites excluding steroid dienone is 10. The Labute approximate surface area is 277 Å². The van der Waals surface area contributed by atoms with Gasteiger partial charge in [-0.1, -0.05) is 96.6 Å². The molecule has 1 rings (SSSR count). The molecule has 1 aliphatic rings. The molecular formula is C38H58N2O6. The van der Waals surface area contributed by atoms with Gasteiger partial charge in [0.1, 0.15) is 12.1 Å². The number of rotatable bonds is 8. The zero-order chi connectivity index (χ0) is 34.3. The van der Waals surface area contributed by atoms with Gasteiger partial charge in [-0.05, 0) is 65.4 Å². The quantitative estimate of drug-likeness (QED) is 0.209. The number of hydrogen-bond donors (Lipinski definition) is 3. The van der Waals surface area contributed by atoms with E-state index in [9.17, 15) is 9.59 Å². The smallest absolute Gasteiger partial charge is 0.306 e. The van der Waals surface area contributed by atoms with E-state index in [-0.39, 0.29) is 24.1 Å². The fourth-order valence-corrected chi connectivity index (χ4v) is 4.65. The van der Waals surface area contributed by atoms with Crippen molar-refractivity contribution in [2.24, 2.45) is 11.7 Å². The third-order valence-corrected chi connectivity index (χ3v) is 7.60. The third-order valence-electron chi connectivity index (χ3n) is 7.60. The van der Waals surface area contributed by atoms with Gasteiger partial charge in [-0.25, -0.2) is 0 Å². The molecule has 46 heavy (non-hydrogen) atoms. The Kier molecular flexibility index (Phi) is 21.2. The molecule has 0 aromatic heterocycles. The fourth-order valence-electron chi connectivity index (χ4n) is 4.65. The Morgan fingerprint density at radius 2 is 1.76 bits per heavy atom. The summed E-state index contributed by atoms with van der Waals surface area (Å²) in [7, 11) is 3.44. The van der Waals surface area contributed by atoms with Gasteiger partial charge in [0.2, 0.25) is 5.91 Å². The van der Waals surface area contributed by atoms with E-state index in [1.807, 2.05) is 57.2 Å². The molecule has 4 N–H and O–H groups in total. The molecule has 0 saturated carbocycles. The molecule has 5 atom stereocenters. The van der Waals surface area contributed by atoms with Crippen LogP contribution in [-0.2, 0) is 23.8 Å². The predicted molar refractivity (Wildman–Crippen MR) is 188 cm³/mol. The molecule has 0 aliphatic carbocycles. The summed E-state index contributed by atoms with van der Waals surface area (Å²) in [6.07, 6.45) is 28.4. The van der Waals surface area contributed by atoms with Crippen molar-refractivity contribution in [1.82, 2.24) is 5.32 Å². The lowest BCUT2D eigenvalue weighted by Crippen LogP contribution is -2.43. The average Bonchev–Trinajstić information content (AvgIpc) is 3.04. The van der Waals surface area contributed by atoms with E-state index >= 15 is 0 Å². The molecule has 0 bridgehead atoms. The van der Waals surface area contributed by atoms with Gasteiger partial charge >= 0.3 is 5.97 Å². The van der Waals surface area contributed by atoms with Crippen molar-refractivity contribution >= 4 is 11.9 Å². The van der Waals surface area contributed by atoms with Crippen molar-refractivity contribution in [3.8, 4) is 0 Å². The molecule has 1 amide bonds. The first kappa shape index (κ1) is 40.7. The molecule has 256 valence electrons. The van der Waals surface area contributed by atoms with Crippen molar-refractivity contribution in [2.45, 2.75) is 97.5 Å². The lowest BCUT2D eigenvalue weighted by molar-refractivity contribution is -0.148. The maximum Gasteiger partial charge on any atom is 0.306 e. The van der Waals surface area contributed by atoms with Crippen LogP contribution in [0.3, 0.4) is 0 Å². The second-order valence-electron chi connectivity index (χ2n) is 11.9. The number of hydrogen-bond acceptors (Lipinski definition) is 7. The number of ether oxygens (including phenoxy) is 3. The largest absolute Gasteiger partial charge is 0.457 e. The topological polar surface area (TPSA) is 120 Å². The zero-order valence-corrected chi connectivity index (χ0v) is 29.0. The van der Waals surface area contributed by atoms with Gasteiger partial charge in [0.05, 0.1) is 18.8 Å². The highest BCUT2D eigenvalue weighted by Crippen LogP contribution is 2.20. The number of methoxy groups -OCH3 is 2. The molecule has 0 spiro atoms. The normalized spacial score (nSPS) is 29.5. The highest BCUT2D eigenvalue weighted by Gasteiger charge is 2.21. The summed E-state index contributed by atoms with van der Waals surface area (Å²) >= 11 is 0. The summed E-state index contributed by atoms with van der Waals surface area (Å²) in [6, 6.07) is -0.952. The monoisotopic (exact) mass is 638 g/mol. The molecule has 0 fully saturated rings. The highest BCUT2D eigenvalue weighted by atomic mass is 16.5. The van der Waals surface area contributed by atoms with Crippen molar-refractivity contribution in [3.05, 3.63) is 95.2 Å². The first-order valence-electron chi connectivity index (χ1n) is 16.3. The first-order chi connectivity index (χ1) is 22.0. The van der Waals surface area contributed by atoms with Crippen LogP contribution in [0, 0.1) is 5.92 Å². The second-order valence-corrected chi connectivity index (χ2v) is 11.9. The Bertz CT molecular complexity index is 1170. The van der Waals surface area contributed by atoms with Crippen LogP contribution in [0.2, 0.25) is 0 Å². The lowest BCUT2D eigenvalue weighted by Gasteiger charge is -2.23. The molecule has 8 nitrogen and oxygen atoms in total. The number of amides is 1. The molecule has 0 radical (unpaired) electrons. The van der Waals surface area contributed by atoms with Crippen LogP contribution in [0.5, 0.6) is 0 Å². The Morgan fingerprint density at radius 3 is 2.46 bits per heavy atom. The number of aliphatic hydroxyl groups is 1. The molecule has 0 unspecified atom stereocenters. The number of nitrogens with one attached hydrogen (secondary N) is 1. The Balaban J connectivity index is 3.18. The van der Waals surface area contributed by atoms with E-state index in [4.69, 9.17) is 25.1 Å². The predicted octanol–water partition coefficient (Wildman–Crippen LogP) is 6.36. The number of carbonyl (C=O) groups excluding carboxylic acids is 2. The van der Waals surface area contributed by atoms with E-state index in [2.05, 4.69) is 55.6 Å². The van der Waals surface area contributed by atoms with Crippen LogP contribution >= 0.6 is 0 Å². The molecule has 1 aliphatic heterocycles. The molecule has 8 heteroatoms. The molecule has 0 aromatic rings. The third kappa shape index (κ3) is 18.0. The van der Waals surface area contributed by atoms with Gasteiger partial charge in [-0.3, -0.25) is 9.59 Å². The maximum atomic E-state index is 12.9. The van der Waals surface area contributed by atoms with Gasteiger partial charge in [-0.15, -0.1) is 0 Å². The highest BCUT2D eigenvalue weighted by molar-refractivity contribution is 5.81. The maximum absolute atomic E-state index is 12.9. The van der Waals surface area contributed by atoms with E-state index < -0.39 is 24.7 Å². The van der Waals surface area contributed by atoms with Crippen LogP contribution in [-0.4, -0.2) is 68.7 Å². The van der Waals surface area contributed by atoms with Gasteiger partial charge in [0.25, 0.3) is 0 Å². The van der Waals surface area contributed by atoms with Gasteiger partial charge in [0, 0.05) is 33.1 Å². The van der Waals surface area contributed by atoms with Crippen molar-refractivity contribution in [3.63, 3.8) is 0 Å². The Morgan fingerprint density at radius 1 is 1.07 bits per heavy atom. The van der Waals surface area contributed by atoms with Gasteiger partial charge in [0.15, 0.2) is 0 Å². The van der Waals surface area contributed by atoms with E-state index in [0.717, 1.165) is 42.4 Å². The number of cyclic esters (lactones) is 1. The van der Waals surface area contributed by atoms with Crippen LogP contribution < -0.4 is 11.1 Å². The number of nitrogens with two attached hydrogens (primary N) is 1. The zero-order valence-electron chi connectivity index (χ0n) is 29.0. The first-order valence-corrected chi connectivity index (χ1v) is 16.3. The van der Waals surface area contributed by atoms with Gasteiger partial charge in [-0.2, -0.15) is 0 Å². The minimum absolute atomic E-state index is 0.0116. The lowest BCUT2D eigenvalue weighted by atomic mass is 9.96.